The molecule has 0 aliphatic heterocycles. The summed E-state index contributed by atoms with van der Waals surface area (Å²) in [6.45, 7) is 4.29. The molecule has 0 radical (unpaired) electrons. The van der Waals surface area contributed by atoms with Gasteiger partial charge in [0.15, 0.2) is 0 Å². The largest absolute Gasteiger partial charge is 0.416 e. The van der Waals surface area contributed by atoms with Gasteiger partial charge in [-0.1, -0.05) is 76.6 Å². The van der Waals surface area contributed by atoms with E-state index < -0.39 is 23.5 Å². The summed E-state index contributed by atoms with van der Waals surface area (Å²) in [6, 6.07) is 9.56. The zero-order valence-electron chi connectivity index (χ0n) is 24.3. The first-order valence-electron chi connectivity index (χ1n) is 15.5. The van der Waals surface area contributed by atoms with E-state index in [4.69, 9.17) is 4.74 Å². The third-order valence-corrected chi connectivity index (χ3v) is 9.42. The van der Waals surface area contributed by atoms with Crippen molar-refractivity contribution in [2.24, 2.45) is 0 Å². The van der Waals surface area contributed by atoms with Crippen LogP contribution in [-0.2, 0) is 17.1 Å². The van der Waals surface area contributed by atoms with E-state index in [-0.39, 0.29) is 36.9 Å². The fourth-order valence-electron chi connectivity index (χ4n) is 6.94. The molecule has 2 aliphatic rings. The van der Waals surface area contributed by atoms with E-state index in [0.717, 1.165) is 64.2 Å². The van der Waals surface area contributed by atoms with Crippen molar-refractivity contribution in [2.75, 3.05) is 13.2 Å². The van der Waals surface area contributed by atoms with Crippen molar-refractivity contribution >= 4 is 0 Å². The van der Waals surface area contributed by atoms with Gasteiger partial charge in [-0.05, 0) is 84.7 Å². The molecule has 7 heteroatoms. The van der Waals surface area contributed by atoms with Crippen LogP contribution in [0.4, 0.5) is 26.3 Å². The Morgan fingerprint density at radius 3 is 1.29 bits per heavy atom. The van der Waals surface area contributed by atoms with Crippen LogP contribution in [0.5, 0.6) is 0 Å². The Labute approximate surface area is 241 Å². The van der Waals surface area contributed by atoms with Crippen LogP contribution in [0.25, 0.3) is 0 Å². The predicted molar refractivity (Wildman–Crippen MR) is 151 cm³/mol. The fourth-order valence-corrected chi connectivity index (χ4v) is 6.94. The summed E-state index contributed by atoms with van der Waals surface area (Å²) >= 11 is 0. The van der Waals surface area contributed by atoms with Gasteiger partial charge in [-0.25, -0.2) is 0 Å². The van der Waals surface area contributed by atoms with Gasteiger partial charge in [-0.3, -0.25) is 0 Å². The number of halogens is 6. The highest BCUT2D eigenvalue weighted by molar-refractivity contribution is 5.39. The van der Waals surface area contributed by atoms with Gasteiger partial charge < -0.3 is 4.74 Å². The van der Waals surface area contributed by atoms with Crippen LogP contribution in [0, 0.1) is 0 Å². The maximum Gasteiger partial charge on any atom is 0.416 e. The summed E-state index contributed by atoms with van der Waals surface area (Å²) < 4.78 is 90.6. The minimum Gasteiger partial charge on any atom is -0.380 e. The minimum absolute atomic E-state index is 0.0536. The average Bonchev–Trinajstić information content (AvgIpc) is 2.97. The van der Waals surface area contributed by atoms with Gasteiger partial charge in [0.05, 0.1) is 24.3 Å². The Morgan fingerprint density at radius 2 is 0.976 bits per heavy atom. The molecule has 4 rings (SSSR count). The zero-order valence-corrected chi connectivity index (χ0v) is 24.3. The summed E-state index contributed by atoms with van der Waals surface area (Å²) in [7, 11) is 0. The highest BCUT2D eigenvalue weighted by Crippen LogP contribution is 2.43. The quantitative estimate of drug-likeness (QED) is 0.253. The monoisotopic (exact) mass is 582 g/mol. The standard InChI is InChI=1S/C34H44F6O/c1-3-23(27-15-17-29(25-11-7-5-8-12-25)31(19-27)33(35,36)37)21-41-22-24(4-2)28-16-18-30(26-13-9-6-10-14-26)32(20-28)34(38,39)40/h15-20,23-26H,3-14,21-22H2,1-2H3. The van der Waals surface area contributed by atoms with Crippen molar-refractivity contribution in [1.82, 2.24) is 0 Å². The van der Waals surface area contributed by atoms with Crippen LogP contribution >= 0.6 is 0 Å². The molecule has 0 aromatic heterocycles. The lowest BCUT2D eigenvalue weighted by Gasteiger charge is -2.27. The SMILES string of the molecule is CCC(COCC(CC)c1ccc(C2CCCCC2)c(C(F)(F)F)c1)c1ccc(C2CCCCC2)c(C(F)(F)F)c1. The number of hydrogen-bond acceptors (Lipinski definition) is 1. The first-order valence-corrected chi connectivity index (χ1v) is 15.5. The summed E-state index contributed by atoms with van der Waals surface area (Å²) in [5.74, 6) is -0.564. The highest BCUT2D eigenvalue weighted by Gasteiger charge is 2.37. The topological polar surface area (TPSA) is 9.23 Å². The summed E-state index contributed by atoms with van der Waals surface area (Å²) in [6.07, 6.45) is 1.51. The highest BCUT2D eigenvalue weighted by atomic mass is 19.4. The predicted octanol–water partition coefficient (Wildman–Crippen LogP) is 11.5. The lowest BCUT2D eigenvalue weighted by Crippen LogP contribution is -2.18. The molecule has 228 valence electrons. The smallest absolute Gasteiger partial charge is 0.380 e. The molecule has 0 saturated heterocycles. The van der Waals surface area contributed by atoms with E-state index in [0.29, 0.717) is 35.1 Å². The molecule has 0 amide bonds. The van der Waals surface area contributed by atoms with Crippen LogP contribution in [-0.4, -0.2) is 13.2 Å². The first kappa shape index (κ1) is 31.9. The lowest BCUT2D eigenvalue weighted by atomic mass is 9.80. The molecule has 2 aromatic rings. The van der Waals surface area contributed by atoms with E-state index in [9.17, 15) is 26.3 Å². The van der Waals surface area contributed by atoms with Gasteiger partial charge in [-0.2, -0.15) is 26.3 Å². The number of alkyl halides is 6. The van der Waals surface area contributed by atoms with Gasteiger partial charge in [0, 0.05) is 11.8 Å². The molecule has 1 nitrogen and oxygen atoms in total. The van der Waals surface area contributed by atoms with Gasteiger partial charge >= 0.3 is 12.4 Å². The van der Waals surface area contributed by atoms with Gasteiger partial charge in [-0.15, -0.1) is 0 Å². The summed E-state index contributed by atoms with van der Waals surface area (Å²) in [5, 5.41) is 0. The molecule has 2 unspecified atom stereocenters. The van der Waals surface area contributed by atoms with Crippen LogP contribution < -0.4 is 0 Å². The third kappa shape index (κ3) is 8.09. The van der Waals surface area contributed by atoms with E-state index >= 15 is 0 Å². The minimum atomic E-state index is -4.42. The Kier molecular flexibility index (Phi) is 10.9. The molecular formula is C34H44F6O. The van der Waals surface area contributed by atoms with Gasteiger partial charge in [0.1, 0.15) is 0 Å². The number of benzene rings is 2. The third-order valence-electron chi connectivity index (χ3n) is 9.42. The second-order valence-electron chi connectivity index (χ2n) is 12.1. The van der Waals surface area contributed by atoms with Crippen molar-refractivity contribution in [3.63, 3.8) is 0 Å². The maximum atomic E-state index is 14.1. The Balaban J connectivity index is 1.47. The molecule has 2 fully saturated rings. The van der Waals surface area contributed by atoms with Crippen molar-refractivity contribution in [2.45, 2.75) is 127 Å². The first-order chi connectivity index (χ1) is 19.5. The second kappa shape index (κ2) is 14.0. The van der Waals surface area contributed by atoms with Crippen molar-refractivity contribution in [1.29, 1.82) is 0 Å². The molecule has 2 aromatic carbocycles. The molecule has 41 heavy (non-hydrogen) atoms. The van der Waals surface area contributed by atoms with E-state index in [2.05, 4.69) is 0 Å². The Bertz CT molecular complexity index is 1020. The maximum absolute atomic E-state index is 14.1. The van der Waals surface area contributed by atoms with E-state index in [1.807, 2.05) is 26.0 Å². The summed E-state index contributed by atoms with van der Waals surface area (Å²) in [5.41, 5.74) is 0.932. The summed E-state index contributed by atoms with van der Waals surface area (Å²) in [4.78, 5) is 0. The zero-order chi connectivity index (χ0) is 29.6. The van der Waals surface area contributed by atoms with E-state index in [1.165, 1.54) is 12.1 Å². The number of hydrogen-bond donors (Lipinski definition) is 0. The van der Waals surface area contributed by atoms with Crippen molar-refractivity contribution < 1.29 is 31.1 Å². The van der Waals surface area contributed by atoms with Crippen molar-refractivity contribution in [3.8, 4) is 0 Å². The molecule has 2 atom stereocenters. The van der Waals surface area contributed by atoms with Crippen LogP contribution in [0.3, 0.4) is 0 Å². The molecule has 2 saturated carbocycles. The van der Waals surface area contributed by atoms with Crippen LogP contribution in [0.2, 0.25) is 0 Å². The molecule has 2 aliphatic carbocycles. The van der Waals surface area contributed by atoms with Crippen LogP contribution in [0.1, 0.15) is 148 Å². The number of rotatable bonds is 10. The molecule has 0 spiro atoms. The van der Waals surface area contributed by atoms with Crippen molar-refractivity contribution in [3.05, 3.63) is 69.8 Å². The average molecular weight is 583 g/mol. The normalized spacial score (nSPS) is 19.3. The number of ether oxygens (including phenoxy) is 1. The van der Waals surface area contributed by atoms with E-state index in [1.54, 1.807) is 12.1 Å². The second-order valence-corrected chi connectivity index (χ2v) is 12.1. The molecule has 0 bridgehead atoms. The Morgan fingerprint density at radius 1 is 0.610 bits per heavy atom. The Hall–Kier alpha value is -2.02. The lowest BCUT2D eigenvalue weighted by molar-refractivity contribution is -0.139. The van der Waals surface area contributed by atoms with Gasteiger partial charge in [0.25, 0.3) is 0 Å². The molecular weight excluding hydrogens is 538 g/mol. The molecule has 0 heterocycles. The van der Waals surface area contributed by atoms with Gasteiger partial charge in [0.2, 0.25) is 0 Å². The van der Waals surface area contributed by atoms with Crippen LogP contribution in [0.15, 0.2) is 36.4 Å². The fraction of sp³-hybridized carbons (Fsp3) is 0.647. The molecule has 0 N–H and O–H groups in total.